The number of para-hydroxylation sites is 2. The number of rotatable bonds is 5. The fourth-order valence-electron chi connectivity index (χ4n) is 2.22. The molecule has 0 aromatic heterocycles. The van der Waals surface area contributed by atoms with Gasteiger partial charge in [-0.1, -0.05) is 30.3 Å². The lowest BCUT2D eigenvalue weighted by molar-refractivity contribution is -0.387. The van der Waals surface area contributed by atoms with Gasteiger partial charge in [0.25, 0.3) is 11.6 Å². The predicted molar refractivity (Wildman–Crippen MR) is 99.5 cm³/mol. The van der Waals surface area contributed by atoms with E-state index < -0.39 is 31.5 Å². The lowest BCUT2D eigenvalue weighted by Crippen LogP contribution is -2.12. The van der Waals surface area contributed by atoms with Gasteiger partial charge >= 0.3 is 10.1 Å². The van der Waals surface area contributed by atoms with Crippen LogP contribution in [-0.4, -0.2) is 24.4 Å². The van der Waals surface area contributed by atoms with Gasteiger partial charge in [0.15, 0.2) is 10.1 Å². The number of aliphatic imine (C=N–C) groups is 1. The van der Waals surface area contributed by atoms with Crippen molar-refractivity contribution >= 4 is 44.7 Å². The number of nitro benzene ring substituents is 1. The zero-order valence-electron chi connectivity index (χ0n) is 13.4. The van der Waals surface area contributed by atoms with Gasteiger partial charge in [-0.15, -0.1) is 0 Å². The highest BCUT2D eigenvalue weighted by Gasteiger charge is 2.28. The maximum atomic E-state index is 12.6. The van der Waals surface area contributed by atoms with Crippen molar-refractivity contribution in [3.63, 3.8) is 0 Å². The first-order chi connectivity index (χ1) is 12.8. The third-order valence-corrected chi connectivity index (χ3v) is 5.47. The van der Waals surface area contributed by atoms with Crippen LogP contribution >= 0.6 is 11.8 Å². The standard InChI is InChI=1S/C16H11N3O6S2/c17-16-18-15(20)13(26-16)9-10-5-1-3-7-12(10)25-27(23,24)14-8-4-2-6-11(14)19(21)22/h1-9H,(H2,17,18,20)/b13-9+. The molecule has 0 saturated heterocycles. The lowest BCUT2D eigenvalue weighted by atomic mass is 10.2. The van der Waals surface area contributed by atoms with Gasteiger partial charge in [-0.05, 0) is 30.0 Å². The van der Waals surface area contributed by atoms with Gasteiger partial charge in [0.05, 0.1) is 9.83 Å². The molecule has 2 N–H and O–H groups in total. The number of amidine groups is 1. The molecule has 0 aliphatic carbocycles. The number of thioether (sulfide) groups is 1. The van der Waals surface area contributed by atoms with Crippen LogP contribution in [0, 0.1) is 10.1 Å². The van der Waals surface area contributed by atoms with Crippen molar-refractivity contribution in [2.24, 2.45) is 10.7 Å². The third kappa shape index (κ3) is 3.99. The second kappa shape index (κ2) is 7.21. The zero-order chi connectivity index (χ0) is 19.6. The Bertz CT molecular complexity index is 1110. The molecule has 9 nitrogen and oxygen atoms in total. The Balaban J connectivity index is 1.99. The van der Waals surface area contributed by atoms with Gasteiger partial charge < -0.3 is 9.92 Å². The summed E-state index contributed by atoms with van der Waals surface area (Å²) in [7, 11) is -4.49. The van der Waals surface area contributed by atoms with Crippen molar-refractivity contribution in [2.45, 2.75) is 4.90 Å². The van der Waals surface area contributed by atoms with Gasteiger partial charge in [-0.25, -0.2) is 0 Å². The summed E-state index contributed by atoms with van der Waals surface area (Å²) in [5.74, 6) is -0.643. The minimum atomic E-state index is -4.49. The molecular weight excluding hydrogens is 394 g/mol. The molecule has 0 atom stereocenters. The molecule has 27 heavy (non-hydrogen) atoms. The van der Waals surface area contributed by atoms with Crippen molar-refractivity contribution in [1.29, 1.82) is 0 Å². The second-order valence-corrected chi connectivity index (χ2v) is 7.74. The summed E-state index contributed by atoms with van der Waals surface area (Å²) in [5.41, 5.74) is 5.17. The molecule has 138 valence electrons. The molecule has 1 aliphatic rings. The van der Waals surface area contributed by atoms with E-state index in [1.54, 1.807) is 6.07 Å². The molecule has 1 amide bonds. The summed E-state index contributed by atoms with van der Waals surface area (Å²) in [5, 5.41) is 11.2. The first-order valence-corrected chi connectivity index (χ1v) is 9.55. The van der Waals surface area contributed by atoms with Crippen LogP contribution in [0.25, 0.3) is 6.08 Å². The maximum Gasteiger partial charge on any atom is 0.346 e. The number of amides is 1. The number of benzene rings is 2. The van der Waals surface area contributed by atoms with Crippen LogP contribution in [0.5, 0.6) is 5.75 Å². The largest absolute Gasteiger partial charge is 0.378 e. The minimum Gasteiger partial charge on any atom is -0.378 e. The number of carbonyl (C=O) groups is 1. The maximum absolute atomic E-state index is 12.6. The zero-order valence-corrected chi connectivity index (χ0v) is 15.1. The molecule has 0 saturated carbocycles. The highest BCUT2D eigenvalue weighted by atomic mass is 32.2. The molecule has 0 spiro atoms. The number of nitro groups is 1. The SMILES string of the molecule is NC1=NC(=O)/C(=C\c2ccccc2OS(=O)(=O)c2ccccc2[N+](=O)[O-])S1. The highest BCUT2D eigenvalue weighted by molar-refractivity contribution is 8.18. The minimum absolute atomic E-state index is 0.0807. The summed E-state index contributed by atoms with van der Waals surface area (Å²) >= 11 is 0.943. The van der Waals surface area contributed by atoms with E-state index in [0.29, 0.717) is 0 Å². The number of hydrogen-bond acceptors (Lipinski definition) is 8. The van der Waals surface area contributed by atoms with E-state index in [1.165, 1.54) is 36.4 Å². The van der Waals surface area contributed by atoms with Crippen molar-refractivity contribution < 1.29 is 22.3 Å². The van der Waals surface area contributed by atoms with Crippen molar-refractivity contribution in [3.8, 4) is 5.75 Å². The first-order valence-electron chi connectivity index (χ1n) is 7.33. The number of nitrogens with two attached hydrogens (primary N) is 1. The highest BCUT2D eigenvalue weighted by Crippen LogP contribution is 2.32. The van der Waals surface area contributed by atoms with Gasteiger partial charge in [0, 0.05) is 11.6 Å². The fourth-order valence-corrected chi connectivity index (χ4v) is 4.02. The van der Waals surface area contributed by atoms with E-state index in [1.807, 2.05) is 0 Å². The molecule has 1 heterocycles. The van der Waals surface area contributed by atoms with Crippen molar-refractivity contribution in [3.05, 3.63) is 69.1 Å². The van der Waals surface area contributed by atoms with Crippen LogP contribution in [0.2, 0.25) is 0 Å². The van der Waals surface area contributed by atoms with Crippen molar-refractivity contribution in [1.82, 2.24) is 0 Å². The molecule has 11 heteroatoms. The molecular formula is C16H11N3O6S2. The second-order valence-electron chi connectivity index (χ2n) is 5.17. The monoisotopic (exact) mass is 405 g/mol. The van der Waals surface area contributed by atoms with Crippen LogP contribution in [0.1, 0.15) is 5.56 Å². The quantitative estimate of drug-likeness (QED) is 0.345. The number of carbonyl (C=O) groups excluding carboxylic acids is 1. The fraction of sp³-hybridized carbons (Fsp3) is 0. The van der Waals surface area contributed by atoms with E-state index in [-0.39, 0.29) is 21.4 Å². The van der Waals surface area contributed by atoms with Crippen LogP contribution in [0.15, 0.2) is 63.3 Å². The van der Waals surface area contributed by atoms with E-state index in [2.05, 4.69) is 4.99 Å². The van der Waals surface area contributed by atoms with Gasteiger partial charge in [-0.3, -0.25) is 14.9 Å². The summed E-state index contributed by atoms with van der Waals surface area (Å²) < 4.78 is 30.3. The van der Waals surface area contributed by atoms with Crippen LogP contribution in [-0.2, 0) is 14.9 Å². The number of nitrogens with zero attached hydrogens (tertiary/aromatic N) is 2. The lowest BCUT2D eigenvalue weighted by Gasteiger charge is -2.10. The summed E-state index contributed by atoms with van der Waals surface area (Å²) in [6.07, 6.45) is 1.39. The normalized spacial score (nSPS) is 15.6. The van der Waals surface area contributed by atoms with Crippen molar-refractivity contribution in [2.75, 3.05) is 0 Å². The molecule has 0 unspecified atom stereocenters. The summed E-state index contributed by atoms with van der Waals surface area (Å²) in [6.45, 7) is 0. The average molecular weight is 405 g/mol. The van der Waals surface area contributed by atoms with Crippen LogP contribution in [0.3, 0.4) is 0 Å². The van der Waals surface area contributed by atoms with E-state index in [9.17, 15) is 23.3 Å². The van der Waals surface area contributed by atoms with E-state index >= 15 is 0 Å². The van der Waals surface area contributed by atoms with E-state index in [4.69, 9.17) is 9.92 Å². The molecule has 2 aromatic rings. The Labute approximate surface area is 157 Å². The molecule has 2 aromatic carbocycles. The van der Waals surface area contributed by atoms with E-state index in [0.717, 1.165) is 23.9 Å². The molecule has 3 rings (SSSR count). The van der Waals surface area contributed by atoms with Gasteiger partial charge in [0.1, 0.15) is 5.75 Å². The molecule has 0 fully saturated rings. The van der Waals surface area contributed by atoms with Crippen LogP contribution < -0.4 is 9.92 Å². The first kappa shape index (κ1) is 18.6. The Morgan fingerprint density at radius 2 is 1.81 bits per heavy atom. The molecule has 0 radical (unpaired) electrons. The Kier molecular flexibility index (Phi) is 4.97. The Morgan fingerprint density at radius 1 is 1.15 bits per heavy atom. The topological polar surface area (TPSA) is 142 Å². The number of hydrogen-bond donors (Lipinski definition) is 1. The Hall–Kier alpha value is -3.18. The summed E-state index contributed by atoms with van der Waals surface area (Å²) in [6, 6.07) is 10.9. The predicted octanol–water partition coefficient (Wildman–Crippen LogP) is 2.29. The van der Waals surface area contributed by atoms with Gasteiger partial charge in [-0.2, -0.15) is 13.4 Å². The average Bonchev–Trinajstić information content (AvgIpc) is 2.93. The molecule has 1 aliphatic heterocycles. The van der Waals surface area contributed by atoms with Crippen LogP contribution in [0.4, 0.5) is 5.69 Å². The third-order valence-electron chi connectivity index (χ3n) is 3.37. The smallest absolute Gasteiger partial charge is 0.346 e. The van der Waals surface area contributed by atoms with Gasteiger partial charge in [0.2, 0.25) is 0 Å². The molecule has 0 bridgehead atoms. The Morgan fingerprint density at radius 3 is 2.48 bits per heavy atom. The summed E-state index contributed by atoms with van der Waals surface area (Å²) in [4.78, 5) is 25.2.